The molecule has 0 aliphatic heterocycles. The lowest BCUT2D eigenvalue weighted by molar-refractivity contribution is -0.139. The second kappa shape index (κ2) is 20.0. The number of nitrogens with one attached hydrogen (secondary N) is 1. The molecule has 12 heteroatoms. The summed E-state index contributed by atoms with van der Waals surface area (Å²) in [5.74, 6) is -0.0906. The van der Waals surface area contributed by atoms with Crippen LogP contribution in [0.1, 0.15) is 69.5 Å². The Balaban J connectivity index is 1.20. The third kappa shape index (κ3) is 10.7. The number of ether oxygens (including phenoxy) is 2. The molecular formula is C46H46ClN5O6. The van der Waals surface area contributed by atoms with Gasteiger partial charge < -0.3 is 30.1 Å². The number of aliphatic hydroxyl groups excluding tert-OH is 2. The number of rotatable bonds is 19. The fraction of sp³-hybridized carbons (Fsp3) is 0.283. The van der Waals surface area contributed by atoms with E-state index in [1.54, 1.807) is 24.4 Å². The van der Waals surface area contributed by atoms with E-state index in [2.05, 4.69) is 60.5 Å². The maximum Gasteiger partial charge on any atom is 0.305 e. The largest absolute Gasteiger partial charge is 0.488 e. The molecule has 58 heavy (non-hydrogen) atoms. The van der Waals surface area contributed by atoms with E-state index in [0.717, 1.165) is 61.1 Å². The number of halogens is 1. The number of aromatic nitrogens is 3. The van der Waals surface area contributed by atoms with Crippen molar-refractivity contribution in [2.24, 2.45) is 0 Å². The second-order valence-electron chi connectivity index (χ2n) is 14.2. The first kappa shape index (κ1) is 41.7. The molecule has 0 spiro atoms. The van der Waals surface area contributed by atoms with Gasteiger partial charge in [-0.1, -0.05) is 48.0 Å². The van der Waals surface area contributed by atoms with Crippen molar-refractivity contribution in [2.75, 3.05) is 13.2 Å². The number of carboxylic acid groups (broad SMARTS) is 1. The number of aryl methyl sites for hydroxylation is 1. The number of nitrogens with zero attached hydrogens (tertiary/aromatic N) is 4. The highest BCUT2D eigenvalue weighted by atomic mass is 35.5. The number of carbonyl (C=O) groups is 1. The number of fused-ring (bicyclic) bond motifs is 1. The van der Waals surface area contributed by atoms with E-state index >= 15 is 0 Å². The molecule has 11 nitrogen and oxygen atoms in total. The molecule has 0 saturated carbocycles. The first-order chi connectivity index (χ1) is 28.1. The van der Waals surface area contributed by atoms with Crippen LogP contribution in [0.5, 0.6) is 11.5 Å². The Bertz CT molecular complexity index is 2430. The minimum absolute atomic E-state index is 0.0858. The number of hydrogen-bond donors (Lipinski definition) is 4. The summed E-state index contributed by atoms with van der Waals surface area (Å²) in [6.07, 6.45) is 7.46. The van der Waals surface area contributed by atoms with Crippen LogP contribution in [-0.2, 0) is 37.4 Å². The number of aliphatic hydroxyl groups is 2. The van der Waals surface area contributed by atoms with Crippen LogP contribution < -0.4 is 14.8 Å². The fourth-order valence-corrected chi connectivity index (χ4v) is 7.21. The van der Waals surface area contributed by atoms with Gasteiger partial charge in [0.25, 0.3) is 0 Å². The second-order valence-corrected chi connectivity index (χ2v) is 14.6. The lowest BCUT2D eigenvalue weighted by atomic mass is 9.90. The first-order valence-corrected chi connectivity index (χ1v) is 19.5. The smallest absolute Gasteiger partial charge is 0.305 e. The monoisotopic (exact) mass is 799 g/mol. The standard InChI is InChI=1S/C46H46ClN5O6/c1-29-34(19-42-46-36(12-13-51-42)17-32(26-52-46)24-49-14-15-53)6-4-10-39(29)40-11-5-8-37(30(40)2)28-58-44-21-43(57-27-33-16-31(22-48)23-50-25-33)35(18-41(44)47)7-3-9-38(54)20-45(55)56/h4-6,8,10-13,16-18,21,23,25-26,38,49,53-54H,3,7,9,14-15,19-20,24,27-28H2,1-2H3,(H,55,56)/t38-/m1/s1. The lowest BCUT2D eigenvalue weighted by Crippen LogP contribution is -2.17. The molecule has 6 aromatic rings. The SMILES string of the molecule is Cc1c(COc2cc(OCc3cncc(C#N)c3)c(CCC[C@@H](O)CC(=O)O)cc2Cl)cccc1-c1cccc(Cc2nccc3cc(CNCCO)cnc23)c1C. The van der Waals surface area contributed by atoms with Gasteiger partial charge in [-0.25, -0.2) is 0 Å². The molecule has 3 heterocycles. The van der Waals surface area contributed by atoms with Gasteiger partial charge in [-0.15, -0.1) is 0 Å². The molecule has 3 aromatic carbocycles. The number of pyridine rings is 3. The number of benzene rings is 3. The average molecular weight is 800 g/mol. The van der Waals surface area contributed by atoms with Crippen LogP contribution in [0.15, 0.2) is 91.5 Å². The van der Waals surface area contributed by atoms with E-state index in [1.165, 1.54) is 6.20 Å². The molecule has 1 atom stereocenters. The van der Waals surface area contributed by atoms with Crippen LogP contribution in [0.4, 0.5) is 0 Å². The molecule has 0 aliphatic carbocycles. The molecule has 3 aromatic heterocycles. The van der Waals surface area contributed by atoms with Gasteiger partial charge in [0.15, 0.2) is 0 Å². The van der Waals surface area contributed by atoms with Gasteiger partial charge in [0, 0.05) is 61.3 Å². The number of nitriles is 1. The number of carboxylic acids is 1. The highest BCUT2D eigenvalue weighted by molar-refractivity contribution is 6.32. The van der Waals surface area contributed by atoms with E-state index in [0.29, 0.717) is 66.4 Å². The van der Waals surface area contributed by atoms with Crippen LogP contribution in [-0.4, -0.2) is 55.5 Å². The van der Waals surface area contributed by atoms with Crippen molar-refractivity contribution >= 4 is 28.5 Å². The maximum absolute atomic E-state index is 11.0. The summed E-state index contributed by atoms with van der Waals surface area (Å²) in [6.45, 7) is 5.86. The molecule has 0 radical (unpaired) electrons. The molecule has 0 aliphatic rings. The van der Waals surface area contributed by atoms with E-state index < -0.39 is 12.1 Å². The lowest BCUT2D eigenvalue weighted by Gasteiger charge is -2.18. The first-order valence-electron chi connectivity index (χ1n) is 19.2. The van der Waals surface area contributed by atoms with Gasteiger partial charge in [0.1, 0.15) is 30.8 Å². The minimum atomic E-state index is -1.05. The highest BCUT2D eigenvalue weighted by Gasteiger charge is 2.17. The predicted octanol–water partition coefficient (Wildman–Crippen LogP) is 7.82. The van der Waals surface area contributed by atoms with Crippen molar-refractivity contribution in [3.63, 3.8) is 0 Å². The maximum atomic E-state index is 11.0. The Morgan fingerprint density at radius 1 is 0.897 bits per heavy atom. The van der Waals surface area contributed by atoms with Gasteiger partial charge in [-0.2, -0.15) is 5.26 Å². The van der Waals surface area contributed by atoms with Crippen LogP contribution in [0.3, 0.4) is 0 Å². The zero-order valence-electron chi connectivity index (χ0n) is 32.5. The Labute approximate surface area is 342 Å². The molecule has 0 saturated heterocycles. The quantitative estimate of drug-likeness (QED) is 0.0589. The summed E-state index contributed by atoms with van der Waals surface area (Å²) in [4.78, 5) is 24.7. The Morgan fingerprint density at radius 2 is 1.66 bits per heavy atom. The zero-order valence-corrected chi connectivity index (χ0v) is 33.3. The molecule has 4 N–H and O–H groups in total. The Hall–Kier alpha value is -5.90. The average Bonchev–Trinajstić information content (AvgIpc) is 3.21. The van der Waals surface area contributed by atoms with E-state index in [1.807, 2.05) is 30.6 Å². The van der Waals surface area contributed by atoms with Crippen molar-refractivity contribution in [3.8, 4) is 28.7 Å². The topological polar surface area (TPSA) is 171 Å². The van der Waals surface area contributed by atoms with Crippen molar-refractivity contribution in [1.29, 1.82) is 5.26 Å². The predicted molar refractivity (Wildman–Crippen MR) is 223 cm³/mol. The van der Waals surface area contributed by atoms with Gasteiger partial charge in [0.05, 0.1) is 40.9 Å². The van der Waals surface area contributed by atoms with E-state index in [9.17, 15) is 15.2 Å². The summed E-state index contributed by atoms with van der Waals surface area (Å²) < 4.78 is 12.6. The summed E-state index contributed by atoms with van der Waals surface area (Å²) in [6, 6.07) is 24.0. The summed E-state index contributed by atoms with van der Waals surface area (Å²) in [7, 11) is 0. The molecule has 298 valence electrons. The van der Waals surface area contributed by atoms with Gasteiger partial charge in [-0.3, -0.25) is 19.7 Å². The number of hydrogen-bond acceptors (Lipinski definition) is 10. The van der Waals surface area contributed by atoms with Crippen molar-refractivity contribution in [2.45, 2.75) is 71.8 Å². The van der Waals surface area contributed by atoms with Crippen LogP contribution in [0.25, 0.3) is 22.0 Å². The normalized spacial score (nSPS) is 11.7. The Kier molecular flexibility index (Phi) is 14.4. The Morgan fingerprint density at radius 3 is 2.41 bits per heavy atom. The zero-order chi connectivity index (χ0) is 41.0. The molecule has 6 rings (SSSR count). The summed E-state index contributed by atoms with van der Waals surface area (Å²) in [5, 5.41) is 42.2. The van der Waals surface area contributed by atoms with Gasteiger partial charge >= 0.3 is 5.97 Å². The highest BCUT2D eigenvalue weighted by Crippen LogP contribution is 2.36. The summed E-state index contributed by atoms with van der Waals surface area (Å²) in [5.41, 5.74) is 11.3. The van der Waals surface area contributed by atoms with Crippen LogP contribution >= 0.6 is 11.6 Å². The van der Waals surface area contributed by atoms with Crippen molar-refractivity contribution in [1.82, 2.24) is 20.3 Å². The van der Waals surface area contributed by atoms with Gasteiger partial charge in [-0.05, 0) is 102 Å². The van der Waals surface area contributed by atoms with Crippen molar-refractivity contribution < 1.29 is 29.6 Å². The third-order valence-corrected chi connectivity index (χ3v) is 10.4. The minimum Gasteiger partial charge on any atom is -0.488 e. The van der Waals surface area contributed by atoms with E-state index in [4.69, 9.17) is 41.3 Å². The van der Waals surface area contributed by atoms with Crippen LogP contribution in [0.2, 0.25) is 5.02 Å². The number of aliphatic carboxylic acids is 1. The van der Waals surface area contributed by atoms with Crippen LogP contribution in [0, 0.1) is 25.2 Å². The third-order valence-electron chi connectivity index (χ3n) is 10.1. The van der Waals surface area contributed by atoms with Crippen molar-refractivity contribution in [3.05, 3.63) is 147 Å². The fourth-order valence-electron chi connectivity index (χ4n) is 6.97. The molecule has 0 unspecified atom stereocenters. The molecule has 0 bridgehead atoms. The molecule has 0 fully saturated rings. The molecule has 0 amide bonds. The van der Waals surface area contributed by atoms with E-state index in [-0.39, 0.29) is 26.2 Å². The molecular weight excluding hydrogens is 754 g/mol. The van der Waals surface area contributed by atoms with Gasteiger partial charge in [0.2, 0.25) is 0 Å². The summed E-state index contributed by atoms with van der Waals surface area (Å²) >= 11 is 6.80.